The van der Waals surface area contributed by atoms with Crippen LogP contribution in [0.5, 0.6) is 5.75 Å². The van der Waals surface area contributed by atoms with Crippen LogP contribution in [0.15, 0.2) is 60.7 Å². The van der Waals surface area contributed by atoms with Crippen LogP contribution in [0.25, 0.3) is 10.8 Å². The van der Waals surface area contributed by atoms with E-state index in [2.05, 4.69) is 35.6 Å². The van der Waals surface area contributed by atoms with Gasteiger partial charge in [0.1, 0.15) is 18.0 Å². The fourth-order valence-electron chi connectivity index (χ4n) is 5.38. The predicted molar refractivity (Wildman–Crippen MR) is 150 cm³/mol. The lowest BCUT2D eigenvalue weighted by molar-refractivity contribution is 0.00360. The van der Waals surface area contributed by atoms with Crippen LogP contribution in [0.4, 0.5) is 4.79 Å². The number of carbonyl (C=O) groups excluding carboxylic acids is 2. The third-order valence-electron chi connectivity index (χ3n) is 7.56. The van der Waals surface area contributed by atoms with Gasteiger partial charge >= 0.3 is 6.09 Å². The Bertz CT molecular complexity index is 1330. The maximum atomic E-state index is 13.5. The third kappa shape index (κ3) is 5.64. The molecule has 1 unspecified atom stereocenters. The van der Waals surface area contributed by atoms with E-state index in [1.54, 1.807) is 4.90 Å². The van der Waals surface area contributed by atoms with Crippen LogP contribution >= 0.6 is 0 Å². The summed E-state index contributed by atoms with van der Waals surface area (Å²) in [6.45, 7) is 8.62. The van der Waals surface area contributed by atoms with Crippen molar-refractivity contribution in [3.8, 4) is 5.75 Å². The van der Waals surface area contributed by atoms with E-state index in [1.165, 1.54) is 16.3 Å². The Hall–Kier alpha value is -3.54. The summed E-state index contributed by atoms with van der Waals surface area (Å²) in [5.74, 6) is 0.539. The number of hydrogen-bond donors (Lipinski definition) is 1. The van der Waals surface area contributed by atoms with Crippen molar-refractivity contribution >= 4 is 22.8 Å². The summed E-state index contributed by atoms with van der Waals surface area (Å²) < 4.78 is 11.8. The highest BCUT2D eigenvalue weighted by Gasteiger charge is 2.46. The fraction of sp³-hybridized carbons (Fsp3) is 0.438. The van der Waals surface area contributed by atoms with Crippen LogP contribution in [0.2, 0.25) is 0 Å². The summed E-state index contributed by atoms with van der Waals surface area (Å²) >= 11 is 0. The molecule has 0 bridgehead atoms. The van der Waals surface area contributed by atoms with Crippen molar-refractivity contribution in [3.63, 3.8) is 0 Å². The summed E-state index contributed by atoms with van der Waals surface area (Å²) in [4.78, 5) is 28.1. The number of hydrogen-bond acceptors (Lipinski definition) is 4. The van der Waals surface area contributed by atoms with Gasteiger partial charge in [-0.25, -0.2) is 4.79 Å². The largest absolute Gasteiger partial charge is 0.491 e. The van der Waals surface area contributed by atoms with E-state index in [9.17, 15) is 9.59 Å². The zero-order chi connectivity index (χ0) is 26.9. The summed E-state index contributed by atoms with van der Waals surface area (Å²) in [6, 6.07) is 20.2. The molecule has 1 saturated carbocycles. The monoisotopic (exact) mass is 514 g/mol. The average Bonchev–Trinajstić information content (AvgIpc) is 3.67. The molecule has 200 valence electrons. The van der Waals surface area contributed by atoms with Gasteiger partial charge in [-0.1, -0.05) is 48.5 Å². The molecule has 1 atom stereocenters. The number of carbonyl (C=O) groups is 2. The molecule has 6 heteroatoms. The van der Waals surface area contributed by atoms with Crippen LogP contribution in [0.1, 0.15) is 74.4 Å². The Labute approximate surface area is 225 Å². The highest BCUT2D eigenvalue weighted by molar-refractivity contribution is 5.97. The smallest absolute Gasteiger partial charge is 0.410 e. The minimum atomic E-state index is -0.538. The van der Waals surface area contributed by atoms with E-state index >= 15 is 0 Å². The molecule has 38 heavy (non-hydrogen) atoms. The van der Waals surface area contributed by atoms with Crippen molar-refractivity contribution in [1.82, 2.24) is 10.2 Å². The number of ether oxygens (including phenoxy) is 2. The van der Waals surface area contributed by atoms with Crippen molar-refractivity contribution < 1.29 is 19.1 Å². The summed E-state index contributed by atoms with van der Waals surface area (Å²) in [5.41, 5.74) is 1.81. The van der Waals surface area contributed by atoms with Crippen molar-refractivity contribution in [2.45, 2.75) is 77.0 Å². The molecule has 1 aliphatic carbocycles. The molecule has 1 aliphatic heterocycles. The molecule has 1 heterocycles. The molecule has 6 nitrogen and oxygen atoms in total. The lowest BCUT2D eigenvalue weighted by atomic mass is 9.96. The molecule has 0 radical (unpaired) electrons. The van der Waals surface area contributed by atoms with Gasteiger partial charge < -0.3 is 19.7 Å². The first-order valence-electron chi connectivity index (χ1n) is 13.7. The molecule has 5 rings (SSSR count). The van der Waals surface area contributed by atoms with E-state index in [0.29, 0.717) is 24.5 Å². The van der Waals surface area contributed by atoms with Gasteiger partial charge in [0.25, 0.3) is 5.91 Å². The number of nitrogens with one attached hydrogen (secondary N) is 1. The van der Waals surface area contributed by atoms with Crippen molar-refractivity contribution in [2.75, 3.05) is 13.2 Å². The van der Waals surface area contributed by atoms with Gasteiger partial charge in [0.05, 0.1) is 11.6 Å². The van der Waals surface area contributed by atoms with Gasteiger partial charge in [-0.15, -0.1) is 0 Å². The van der Waals surface area contributed by atoms with E-state index in [-0.39, 0.29) is 23.6 Å². The molecule has 1 N–H and O–H groups in total. The number of nitrogens with zero attached hydrogens (tertiary/aromatic N) is 1. The first kappa shape index (κ1) is 26.1. The molecular formula is C32H38N2O4. The van der Waals surface area contributed by atoms with Crippen LogP contribution in [-0.2, 0) is 10.3 Å². The number of likely N-dealkylation sites (tertiary alicyclic amines) is 1. The number of piperidine rings is 1. The quantitative estimate of drug-likeness (QED) is 0.396. The number of aryl methyl sites for hydroxylation is 1. The zero-order valence-electron chi connectivity index (χ0n) is 22.9. The van der Waals surface area contributed by atoms with Gasteiger partial charge in [0.15, 0.2) is 0 Å². The van der Waals surface area contributed by atoms with Gasteiger partial charge in [-0.3, -0.25) is 4.79 Å². The second-order valence-electron chi connectivity index (χ2n) is 11.7. The molecular weight excluding hydrogens is 476 g/mol. The molecule has 3 aromatic rings. The molecule has 0 spiro atoms. The number of amides is 2. The molecule has 0 aromatic heterocycles. The van der Waals surface area contributed by atoms with Crippen molar-refractivity contribution in [2.24, 2.45) is 0 Å². The Morgan fingerprint density at radius 1 is 1.03 bits per heavy atom. The second kappa shape index (κ2) is 10.3. The highest BCUT2D eigenvalue weighted by Crippen LogP contribution is 2.48. The van der Waals surface area contributed by atoms with Crippen LogP contribution in [-0.4, -0.2) is 41.7 Å². The Morgan fingerprint density at radius 3 is 2.55 bits per heavy atom. The first-order chi connectivity index (χ1) is 18.2. The molecule has 3 aromatic carbocycles. The fourth-order valence-corrected chi connectivity index (χ4v) is 5.38. The van der Waals surface area contributed by atoms with Crippen molar-refractivity contribution in [1.29, 1.82) is 0 Å². The van der Waals surface area contributed by atoms with Gasteiger partial charge in [0, 0.05) is 12.1 Å². The third-order valence-corrected chi connectivity index (χ3v) is 7.56. The van der Waals surface area contributed by atoms with Crippen LogP contribution in [0.3, 0.4) is 0 Å². The molecule has 1 saturated heterocycles. The van der Waals surface area contributed by atoms with E-state index < -0.39 is 5.60 Å². The number of rotatable bonds is 6. The lowest BCUT2D eigenvalue weighted by Gasteiger charge is -2.36. The summed E-state index contributed by atoms with van der Waals surface area (Å²) in [6.07, 6.45) is 4.42. The maximum Gasteiger partial charge on any atom is 0.410 e. The first-order valence-corrected chi connectivity index (χ1v) is 13.7. The average molecular weight is 515 g/mol. The zero-order valence-corrected chi connectivity index (χ0v) is 22.9. The van der Waals surface area contributed by atoms with Crippen LogP contribution in [0, 0.1) is 6.92 Å². The molecule has 2 fully saturated rings. The topological polar surface area (TPSA) is 67.9 Å². The van der Waals surface area contributed by atoms with E-state index in [4.69, 9.17) is 9.47 Å². The Kier molecular flexibility index (Phi) is 7.08. The standard InChI is InChI=1S/C32H38N2O4/c1-22-15-16-25(37-21-24-12-7-8-19-34(24)30(36)38-31(2,3)4)20-27(22)29(35)33-32(17-18-32)28-14-9-11-23-10-5-6-13-26(23)28/h5-6,9-11,13-16,20,24H,7-8,12,17-19,21H2,1-4H3,(H,33,35). The predicted octanol–water partition coefficient (Wildman–Crippen LogP) is 6.74. The number of fused-ring (bicyclic) bond motifs is 1. The molecule has 2 amide bonds. The summed E-state index contributed by atoms with van der Waals surface area (Å²) in [5, 5.41) is 5.71. The van der Waals surface area contributed by atoms with Gasteiger partial charge in [-0.05, 0) is 93.8 Å². The van der Waals surface area contributed by atoms with E-state index in [1.807, 2.05) is 58.0 Å². The Balaban J connectivity index is 1.29. The maximum absolute atomic E-state index is 13.5. The second-order valence-corrected chi connectivity index (χ2v) is 11.7. The van der Waals surface area contributed by atoms with E-state index in [0.717, 1.165) is 37.7 Å². The lowest BCUT2D eigenvalue weighted by Crippen LogP contribution is -2.48. The normalized spacial score (nSPS) is 18.6. The van der Waals surface area contributed by atoms with Gasteiger partial charge in [-0.2, -0.15) is 0 Å². The van der Waals surface area contributed by atoms with Crippen molar-refractivity contribution in [3.05, 3.63) is 77.4 Å². The minimum Gasteiger partial charge on any atom is -0.491 e. The minimum absolute atomic E-state index is 0.0572. The highest BCUT2D eigenvalue weighted by atomic mass is 16.6. The Morgan fingerprint density at radius 2 is 1.79 bits per heavy atom. The SMILES string of the molecule is Cc1ccc(OCC2CCCCN2C(=O)OC(C)(C)C)cc1C(=O)NC1(c2cccc3ccccc23)CC1. The van der Waals surface area contributed by atoms with Crippen LogP contribution < -0.4 is 10.1 Å². The van der Waals surface area contributed by atoms with Gasteiger partial charge in [0.2, 0.25) is 0 Å². The summed E-state index contributed by atoms with van der Waals surface area (Å²) in [7, 11) is 0. The molecule has 2 aliphatic rings. The number of benzene rings is 3.